The van der Waals surface area contributed by atoms with Crippen LogP contribution in [-0.4, -0.2) is 46.7 Å². The number of aromatic amines is 1. The zero-order valence-corrected chi connectivity index (χ0v) is 18.3. The first-order chi connectivity index (χ1) is 15.9. The normalized spacial score (nSPS) is 13.5. The Morgan fingerprint density at radius 2 is 1.97 bits per heavy atom. The number of H-pyrrole nitrogens is 1. The molecule has 0 aliphatic carbocycles. The zero-order valence-electron chi connectivity index (χ0n) is 18.3. The first-order valence-electron chi connectivity index (χ1n) is 10.2. The summed E-state index contributed by atoms with van der Waals surface area (Å²) in [5.74, 6) is -0.250. The van der Waals surface area contributed by atoms with E-state index < -0.39 is 33.9 Å². The molecule has 4 N–H and O–H groups in total. The number of anilines is 1. The Morgan fingerprint density at radius 3 is 2.62 bits per heavy atom. The molecule has 1 aromatic heterocycles. The minimum atomic E-state index is -4.99. The van der Waals surface area contributed by atoms with Crippen molar-refractivity contribution in [2.75, 3.05) is 25.5 Å². The van der Waals surface area contributed by atoms with Crippen LogP contribution in [0.1, 0.15) is 18.1 Å². The van der Waals surface area contributed by atoms with Gasteiger partial charge >= 0.3 is 6.18 Å². The second-order valence-electron chi connectivity index (χ2n) is 7.87. The molecule has 0 aliphatic heterocycles. The number of hydrogen-bond donors (Lipinski definition) is 4. The van der Waals surface area contributed by atoms with Gasteiger partial charge in [0.1, 0.15) is 11.3 Å². The molecule has 9 nitrogen and oxygen atoms in total. The number of ether oxygens (including phenoxy) is 1. The standard InChI is InChI=1S/C22H23F3N4O5/c1-21(31,12-26-8-7-13-11-27-18-5-4-15(34-2)10-16(13)18)20(30)28-14-3-6-19(29(32)33)17(9-14)22(23,24)25/h3-6,9-11,26-27,31H,7-8,12H2,1-2H3,(H,28,30). The summed E-state index contributed by atoms with van der Waals surface area (Å²) < 4.78 is 44.6. The molecule has 0 saturated heterocycles. The van der Waals surface area contributed by atoms with Crippen molar-refractivity contribution in [2.24, 2.45) is 0 Å². The summed E-state index contributed by atoms with van der Waals surface area (Å²) in [6.45, 7) is 1.44. The topological polar surface area (TPSA) is 130 Å². The zero-order chi connectivity index (χ0) is 25.1. The summed E-state index contributed by atoms with van der Waals surface area (Å²) in [5, 5.41) is 27.5. The van der Waals surface area contributed by atoms with Gasteiger partial charge in [-0.1, -0.05) is 0 Å². The molecule has 12 heteroatoms. The van der Waals surface area contributed by atoms with E-state index in [0.29, 0.717) is 30.8 Å². The third kappa shape index (κ3) is 5.64. The predicted molar refractivity (Wildman–Crippen MR) is 119 cm³/mol. The number of alkyl halides is 3. The van der Waals surface area contributed by atoms with E-state index in [0.717, 1.165) is 22.5 Å². The van der Waals surface area contributed by atoms with Gasteiger partial charge in [0.25, 0.3) is 11.6 Å². The van der Waals surface area contributed by atoms with Crippen LogP contribution in [-0.2, 0) is 17.4 Å². The number of aromatic nitrogens is 1. The minimum absolute atomic E-state index is 0.177. The van der Waals surface area contributed by atoms with Crippen molar-refractivity contribution in [1.29, 1.82) is 0 Å². The second kappa shape index (κ2) is 9.69. The number of amides is 1. The highest BCUT2D eigenvalue weighted by atomic mass is 19.4. The van der Waals surface area contributed by atoms with Crippen molar-refractivity contribution in [3.8, 4) is 5.75 Å². The molecule has 0 fully saturated rings. The lowest BCUT2D eigenvalue weighted by atomic mass is 10.0. The van der Waals surface area contributed by atoms with E-state index in [4.69, 9.17) is 4.74 Å². The van der Waals surface area contributed by atoms with Crippen molar-refractivity contribution >= 4 is 28.2 Å². The van der Waals surface area contributed by atoms with Crippen LogP contribution in [0.3, 0.4) is 0 Å². The third-order valence-electron chi connectivity index (χ3n) is 5.26. The first kappa shape index (κ1) is 25.0. The van der Waals surface area contributed by atoms with Gasteiger partial charge in [-0.25, -0.2) is 0 Å². The Morgan fingerprint density at radius 1 is 1.24 bits per heavy atom. The molecule has 1 atom stereocenters. The summed E-state index contributed by atoms with van der Waals surface area (Å²) in [6.07, 6.45) is -2.56. The Labute approximate surface area is 192 Å². The highest BCUT2D eigenvalue weighted by Crippen LogP contribution is 2.37. The van der Waals surface area contributed by atoms with E-state index in [2.05, 4.69) is 15.6 Å². The Balaban J connectivity index is 1.60. The number of methoxy groups -OCH3 is 1. The van der Waals surface area contributed by atoms with Crippen LogP contribution in [0.5, 0.6) is 5.75 Å². The second-order valence-corrected chi connectivity index (χ2v) is 7.87. The molecular weight excluding hydrogens is 457 g/mol. The number of nitro benzene ring substituents is 1. The van der Waals surface area contributed by atoms with Crippen LogP contribution in [0.15, 0.2) is 42.6 Å². The molecule has 0 bridgehead atoms. The summed E-state index contributed by atoms with van der Waals surface area (Å²) in [5.41, 5.74) is -2.98. The predicted octanol–water partition coefficient (Wildman–Crippen LogP) is 3.63. The first-order valence-corrected chi connectivity index (χ1v) is 10.2. The van der Waals surface area contributed by atoms with E-state index in [-0.39, 0.29) is 12.2 Å². The molecule has 0 saturated carbocycles. The molecule has 2 aromatic carbocycles. The molecule has 1 heterocycles. The number of hydrogen-bond acceptors (Lipinski definition) is 6. The van der Waals surface area contributed by atoms with Crippen LogP contribution in [0.4, 0.5) is 24.5 Å². The summed E-state index contributed by atoms with van der Waals surface area (Å²) in [7, 11) is 1.57. The fraction of sp³-hybridized carbons (Fsp3) is 0.318. The Bertz CT molecular complexity index is 1210. The number of rotatable bonds is 9. The number of nitro groups is 1. The van der Waals surface area contributed by atoms with Crippen molar-refractivity contribution in [1.82, 2.24) is 10.3 Å². The molecule has 0 radical (unpaired) electrons. The van der Waals surface area contributed by atoms with Crippen molar-refractivity contribution < 1.29 is 32.7 Å². The largest absolute Gasteiger partial charge is 0.497 e. The van der Waals surface area contributed by atoms with Gasteiger partial charge in [-0.15, -0.1) is 0 Å². The highest BCUT2D eigenvalue weighted by Gasteiger charge is 2.39. The van der Waals surface area contributed by atoms with Gasteiger partial charge in [0.2, 0.25) is 0 Å². The minimum Gasteiger partial charge on any atom is -0.497 e. The van der Waals surface area contributed by atoms with Gasteiger partial charge in [-0.2, -0.15) is 13.2 Å². The van der Waals surface area contributed by atoms with Gasteiger partial charge in [0.15, 0.2) is 5.60 Å². The number of nitrogens with one attached hydrogen (secondary N) is 3. The third-order valence-corrected chi connectivity index (χ3v) is 5.26. The number of halogens is 3. The van der Waals surface area contributed by atoms with Crippen molar-refractivity contribution in [3.63, 3.8) is 0 Å². The summed E-state index contributed by atoms with van der Waals surface area (Å²) in [6, 6.07) is 7.71. The SMILES string of the molecule is COc1ccc2[nH]cc(CCNCC(C)(O)C(=O)Nc3ccc([N+](=O)[O-])c(C(F)(F)F)c3)c2c1. The van der Waals surface area contributed by atoms with E-state index in [1.807, 2.05) is 24.4 Å². The smallest absolute Gasteiger partial charge is 0.423 e. The van der Waals surface area contributed by atoms with Crippen LogP contribution in [0.2, 0.25) is 0 Å². The lowest BCUT2D eigenvalue weighted by molar-refractivity contribution is -0.388. The molecule has 182 valence electrons. The Kier molecular flexibility index (Phi) is 7.12. The van der Waals surface area contributed by atoms with E-state index in [1.54, 1.807) is 7.11 Å². The molecule has 1 unspecified atom stereocenters. The summed E-state index contributed by atoms with van der Waals surface area (Å²) >= 11 is 0. The quantitative estimate of drug-likeness (QED) is 0.210. The average Bonchev–Trinajstić information content (AvgIpc) is 3.18. The molecule has 0 aliphatic rings. The lowest BCUT2D eigenvalue weighted by Crippen LogP contribution is -2.48. The van der Waals surface area contributed by atoms with Crippen LogP contribution < -0.4 is 15.4 Å². The number of carbonyl (C=O) groups is 1. The van der Waals surface area contributed by atoms with E-state index in [1.165, 1.54) is 6.92 Å². The fourth-order valence-electron chi connectivity index (χ4n) is 3.39. The highest BCUT2D eigenvalue weighted by molar-refractivity contribution is 5.97. The maximum absolute atomic E-state index is 13.1. The van der Waals surface area contributed by atoms with Gasteiger partial charge in [0, 0.05) is 35.4 Å². The van der Waals surface area contributed by atoms with Crippen LogP contribution >= 0.6 is 0 Å². The average molecular weight is 480 g/mol. The van der Waals surface area contributed by atoms with Gasteiger partial charge in [-0.05, 0) is 55.8 Å². The molecule has 0 spiro atoms. The number of carbonyl (C=O) groups excluding carboxylic acids is 1. The molecule has 34 heavy (non-hydrogen) atoms. The molecule has 3 aromatic rings. The van der Waals surface area contributed by atoms with Crippen molar-refractivity contribution in [3.05, 3.63) is 63.8 Å². The van der Waals surface area contributed by atoms with E-state index >= 15 is 0 Å². The van der Waals surface area contributed by atoms with Crippen LogP contribution in [0.25, 0.3) is 10.9 Å². The lowest BCUT2D eigenvalue weighted by Gasteiger charge is -2.23. The number of benzene rings is 2. The van der Waals surface area contributed by atoms with Gasteiger partial charge < -0.3 is 25.5 Å². The van der Waals surface area contributed by atoms with E-state index in [9.17, 15) is 33.2 Å². The molecule has 1 amide bonds. The van der Waals surface area contributed by atoms with Crippen LogP contribution in [0, 0.1) is 10.1 Å². The molecule has 3 rings (SSSR count). The van der Waals surface area contributed by atoms with Crippen molar-refractivity contribution in [2.45, 2.75) is 25.1 Å². The Hall–Kier alpha value is -3.64. The number of nitrogens with zero attached hydrogens (tertiary/aromatic N) is 1. The maximum Gasteiger partial charge on any atom is 0.423 e. The van der Waals surface area contributed by atoms with Gasteiger partial charge in [0.05, 0.1) is 12.0 Å². The fourth-order valence-corrected chi connectivity index (χ4v) is 3.39. The van der Waals surface area contributed by atoms with Gasteiger partial charge in [-0.3, -0.25) is 14.9 Å². The maximum atomic E-state index is 13.1. The molecular formula is C22H23F3N4O5. The number of aliphatic hydroxyl groups is 1. The monoisotopic (exact) mass is 480 g/mol. The summed E-state index contributed by atoms with van der Waals surface area (Å²) in [4.78, 5) is 25.3. The number of fused-ring (bicyclic) bond motifs is 1.